The van der Waals surface area contributed by atoms with Gasteiger partial charge in [-0.3, -0.25) is 4.79 Å². The van der Waals surface area contributed by atoms with Crippen molar-refractivity contribution in [2.75, 3.05) is 10.6 Å². The summed E-state index contributed by atoms with van der Waals surface area (Å²) >= 11 is 0. The van der Waals surface area contributed by atoms with Crippen LogP contribution in [0.15, 0.2) is 30.3 Å². The molecule has 0 aliphatic heterocycles. The zero-order valence-electron chi connectivity index (χ0n) is 17.4. The molecule has 0 saturated heterocycles. The lowest BCUT2D eigenvalue weighted by Gasteiger charge is -2.20. The SMILES string of the molecule is [C-]#[N+]c1cc2c(cc1NC(C)=O)CCC2Nc1ccc(C(=O)OC(C)(C)C)c(F)c1. The highest BCUT2D eigenvalue weighted by molar-refractivity contribution is 5.93. The van der Waals surface area contributed by atoms with Gasteiger partial charge < -0.3 is 15.4 Å². The number of aryl methyl sites for hydroxylation is 1. The van der Waals surface area contributed by atoms with E-state index in [1.807, 2.05) is 6.07 Å². The van der Waals surface area contributed by atoms with E-state index in [0.717, 1.165) is 24.0 Å². The van der Waals surface area contributed by atoms with Gasteiger partial charge in [0.25, 0.3) is 0 Å². The normalized spacial score (nSPS) is 15.1. The highest BCUT2D eigenvalue weighted by Gasteiger charge is 2.25. The number of benzene rings is 2. The molecule has 3 rings (SSSR count). The minimum atomic E-state index is -0.704. The van der Waals surface area contributed by atoms with Crippen LogP contribution in [0, 0.1) is 12.4 Å². The summed E-state index contributed by atoms with van der Waals surface area (Å²) in [5.41, 5.74) is 2.57. The number of esters is 1. The molecule has 1 unspecified atom stereocenters. The topological polar surface area (TPSA) is 71.8 Å². The van der Waals surface area contributed by atoms with Crippen LogP contribution in [0.1, 0.15) is 61.6 Å². The molecule has 0 aromatic heterocycles. The second-order valence-electron chi connectivity index (χ2n) is 8.29. The molecule has 30 heavy (non-hydrogen) atoms. The van der Waals surface area contributed by atoms with Crippen molar-refractivity contribution in [3.8, 4) is 0 Å². The molecule has 1 amide bonds. The predicted molar refractivity (Wildman–Crippen MR) is 113 cm³/mol. The lowest BCUT2D eigenvalue weighted by atomic mass is 10.0. The number of halogens is 1. The van der Waals surface area contributed by atoms with Crippen LogP contribution in [0.2, 0.25) is 0 Å². The number of rotatable bonds is 4. The Kier molecular flexibility index (Phi) is 5.79. The smallest absolute Gasteiger partial charge is 0.341 e. The molecule has 2 aromatic rings. The summed E-state index contributed by atoms with van der Waals surface area (Å²) in [7, 11) is 0. The summed E-state index contributed by atoms with van der Waals surface area (Å²) in [5.74, 6) is -1.59. The quantitative estimate of drug-likeness (QED) is 0.525. The van der Waals surface area contributed by atoms with Gasteiger partial charge >= 0.3 is 5.97 Å². The van der Waals surface area contributed by atoms with Crippen molar-refractivity contribution in [2.45, 2.75) is 52.2 Å². The third kappa shape index (κ3) is 4.77. The van der Waals surface area contributed by atoms with Crippen molar-refractivity contribution in [1.29, 1.82) is 0 Å². The maximum absolute atomic E-state index is 14.5. The van der Waals surface area contributed by atoms with E-state index in [-0.39, 0.29) is 17.5 Å². The number of hydrogen-bond acceptors (Lipinski definition) is 4. The summed E-state index contributed by atoms with van der Waals surface area (Å²) in [6.07, 6.45) is 1.54. The Labute approximate surface area is 175 Å². The number of ether oxygens (including phenoxy) is 1. The van der Waals surface area contributed by atoms with Gasteiger partial charge in [0, 0.05) is 18.3 Å². The molecule has 2 N–H and O–H groups in total. The van der Waals surface area contributed by atoms with Crippen LogP contribution in [-0.4, -0.2) is 17.5 Å². The molecule has 6 nitrogen and oxygen atoms in total. The number of amides is 1. The van der Waals surface area contributed by atoms with Gasteiger partial charge in [-0.2, -0.15) is 0 Å². The van der Waals surface area contributed by atoms with Crippen LogP contribution in [0.4, 0.5) is 21.5 Å². The molecule has 1 atom stereocenters. The number of carbonyl (C=O) groups is 2. The Balaban J connectivity index is 1.81. The average Bonchev–Trinajstić information content (AvgIpc) is 3.00. The minimum Gasteiger partial charge on any atom is -0.456 e. The molecule has 0 fully saturated rings. The van der Waals surface area contributed by atoms with Gasteiger partial charge in [-0.05, 0) is 75.1 Å². The van der Waals surface area contributed by atoms with Crippen molar-refractivity contribution in [1.82, 2.24) is 0 Å². The van der Waals surface area contributed by atoms with E-state index in [4.69, 9.17) is 11.3 Å². The van der Waals surface area contributed by atoms with Crippen molar-refractivity contribution in [3.63, 3.8) is 0 Å². The molecule has 0 radical (unpaired) electrons. The van der Waals surface area contributed by atoms with E-state index in [2.05, 4.69) is 15.5 Å². The van der Waals surface area contributed by atoms with E-state index >= 15 is 0 Å². The lowest BCUT2D eigenvalue weighted by Crippen LogP contribution is -2.24. The molecular weight excluding hydrogens is 385 g/mol. The third-order valence-corrected chi connectivity index (χ3v) is 4.70. The van der Waals surface area contributed by atoms with Crippen LogP contribution in [0.25, 0.3) is 4.85 Å². The highest BCUT2D eigenvalue weighted by Crippen LogP contribution is 2.40. The Bertz CT molecular complexity index is 1050. The first-order valence-corrected chi connectivity index (χ1v) is 9.68. The minimum absolute atomic E-state index is 0.0985. The summed E-state index contributed by atoms with van der Waals surface area (Å²) in [6.45, 7) is 14.0. The maximum Gasteiger partial charge on any atom is 0.341 e. The van der Waals surface area contributed by atoms with Gasteiger partial charge in [-0.15, -0.1) is 0 Å². The van der Waals surface area contributed by atoms with Gasteiger partial charge in [0.05, 0.1) is 18.2 Å². The molecule has 7 heteroatoms. The molecule has 0 saturated carbocycles. The molecule has 0 heterocycles. The largest absolute Gasteiger partial charge is 0.456 e. The van der Waals surface area contributed by atoms with E-state index in [1.54, 1.807) is 32.9 Å². The highest BCUT2D eigenvalue weighted by atomic mass is 19.1. The molecule has 156 valence electrons. The number of hydrogen-bond donors (Lipinski definition) is 2. The lowest BCUT2D eigenvalue weighted by molar-refractivity contribution is -0.114. The van der Waals surface area contributed by atoms with E-state index in [1.165, 1.54) is 19.1 Å². The Morgan fingerprint density at radius 2 is 1.97 bits per heavy atom. The van der Waals surface area contributed by atoms with Crippen LogP contribution < -0.4 is 10.6 Å². The van der Waals surface area contributed by atoms with Gasteiger partial charge in [0.1, 0.15) is 11.4 Å². The predicted octanol–water partition coefficient (Wildman–Crippen LogP) is 5.39. The summed E-state index contributed by atoms with van der Waals surface area (Å²) in [6, 6.07) is 7.83. The first-order valence-electron chi connectivity index (χ1n) is 9.68. The number of nitrogens with zero attached hydrogens (tertiary/aromatic N) is 1. The van der Waals surface area contributed by atoms with Crippen molar-refractivity contribution >= 4 is 28.9 Å². The Morgan fingerprint density at radius 3 is 2.57 bits per heavy atom. The number of nitrogens with one attached hydrogen (secondary N) is 2. The van der Waals surface area contributed by atoms with Gasteiger partial charge in [0.15, 0.2) is 0 Å². The van der Waals surface area contributed by atoms with Crippen LogP contribution in [-0.2, 0) is 16.0 Å². The van der Waals surface area contributed by atoms with E-state index in [9.17, 15) is 14.0 Å². The second-order valence-corrected chi connectivity index (χ2v) is 8.29. The van der Waals surface area contributed by atoms with E-state index in [0.29, 0.717) is 17.1 Å². The third-order valence-electron chi connectivity index (χ3n) is 4.70. The van der Waals surface area contributed by atoms with Crippen LogP contribution in [0.3, 0.4) is 0 Å². The molecular formula is C23H24FN3O3. The van der Waals surface area contributed by atoms with E-state index < -0.39 is 17.4 Å². The van der Waals surface area contributed by atoms with Gasteiger partial charge in [0.2, 0.25) is 11.6 Å². The zero-order valence-corrected chi connectivity index (χ0v) is 17.4. The molecule has 2 aromatic carbocycles. The first kappa shape index (κ1) is 21.3. The number of fused-ring (bicyclic) bond motifs is 1. The summed E-state index contributed by atoms with van der Waals surface area (Å²) < 4.78 is 19.7. The van der Waals surface area contributed by atoms with Gasteiger partial charge in [-0.25, -0.2) is 14.0 Å². The van der Waals surface area contributed by atoms with Crippen LogP contribution >= 0.6 is 0 Å². The maximum atomic E-state index is 14.5. The Morgan fingerprint density at radius 1 is 1.23 bits per heavy atom. The fourth-order valence-electron chi connectivity index (χ4n) is 3.48. The molecule has 1 aliphatic carbocycles. The summed E-state index contributed by atoms with van der Waals surface area (Å²) in [4.78, 5) is 27.0. The van der Waals surface area contributed by atoms with Crippen molar-refractivity contribution in [2.24, 2.45) is 0 Å². The zero-order chi connectivity index (χ0) is 22.1. The number of anilines is 2. The van der Waals surface area contributed by atoms with Gasteiger partial charge in [-0.1, -0.05) is 0 Å². The van der Waals surface area contributed by atoms with Crippen LogP contribution in [0.5, 0.6) is 0 Å². The van der Waals surface area contributed by atoms with Crippen molar-refractivity contribution in [3.05, 3.63) is 64.3 Å². The first-order chi connectivity index (χ1) is 14.1. The molecule has 0 bridgehead atoms. The summed E-state index contributed by atoms with van der Waals surface area (Å²) in [5, 5.41) is 5.97. The fourth-order valence-corrected chi connectivity index (χ4v) is 3.48. The molecule has 1 aliphatic rings. The van der Waals surface area contributed by atoms with Crippen molar-refractivity contribution < 1.29 is 18.7 Å². The Hall–Kier alpha value is -3.40. The standard InChI is InChI=1S/C23H24FN3O3/c1-13(28)26-21-10-14-6-9-19(17(14)12-20(21)25-5)27-15-7-8-16(18(24)11-15)22(29)30-23(2,3)4/h7-8,10-12,19,27H,6,9H2,1-4H3,(H,26,28). The second kappa shape index (κ2) is 8.15. The number of carbonyl (C=O) groups excluding carboxylic acids is 2. The fraction of sp³-hybridized carbons (Fsp3) is 0.348. The average molecular weight is 409 g/mol. The molecule has 0 spiro atoms. The monoisotopic (exact) mass is 409 g/mol.